The molecule has 3 heteroatoms. The third-order valence-electron chi connectivity index (χ3n) is 2.28. The molecule has 0 saturated heterocycles. The van der Waals surface area contributed by atoms with Crippen molar-refractivity contribution in [3.05, 3.63) is 52.8 Å². The molecule has 0 saturated carbocycles. The molecule has 17 heavy (non-hydrogen) atoms. The van der Waals surface area contributed by atoms with Crippen LogP contribution >= 0.6 is 15.9 Å². The van der Waals surface area contributed by atoms with E-state index in [4.69, 9.17) is 4.42 Å². The van der Waals surface area contributed by atoms with Crippen molar-refractivity contribution >= 4 is 28.1 Å². The Morgan fingerprint density at radius 3 is 2.59 bits per heavy atom. The minimum absolute atomic E-state index is 0.612. The summed E-state index contributed by atoms with van der Waals surface area (Å²) in [5.41, 5.74) is 1.72. The van der Waals surface area contributed by atoms with Gasteiger partial charge in [-0.3, -0.25) is 0 Å². The summed E-state index contributed by atoms with van der Waals surface area (Å²) in [5, 5.41) is 0. The Labute approximate surface area is 109 Å². The molecular formula is C14H12BrNO. The molecule has 1 aromatic heterocycles. The van der Waals surface area contributed by atoms with Crippen LogP contribution in [0.3, 0.4) is 0 Å². The molecule has 2 rings (SSSR count). The van der Waals surface area contributed by atoms with Crippen molar-refractivity contribution in [3.8, 4) is 11.5 Å². The fourth-order valence-corrected chi connectivity index (χ4v) is 1.74. The van der Waals surface area contributed by atoms with Crippen LogP contribution in [0.15, 0.2) is 45.8 Å². The molecule has 0 aliphatic carbocycles. The van der Waals surface area contributed by atoms with E-state index in [0.717, 1.165) is 21.5 Å². The van der Waals surface area contributed by atoms with Crippen LogP contribution in [-0.4, -0.2) is 4.98 Å². The molecule has 0 spiro atoms. The molecule has 0 amide bonds. The number of aromatic nitrogens is 1. The Bertz CT molecular complexity index is 552. The molecule has 1 aromatic carbocycles. The Kier molecular flexibility index (Phi) is 3.59. The van der Waals surface area contributed by atoms with E-state index >= 15 is 0 Å². The van der Waals surface area contributed by atoms with E-state index in [1.165, 1.54) is 0 Å². The molecule has 0 bridgehead atoms. The average Bonchev–Trinajstić information content (AvgIpc) is 2.74. The largest absolute Gasteiger partial charge is 0.436 e. The van der Waals surface area contributed by atoms with Crippen LogP contribution in [0, 0.1) is 0 Å². The van der Waals surface area contributed by atoms with Crippen LogP contribution in [0.1, 0.15) is 18.4 Å². The Hall–Kier alpha value is -1.61. The zero-order chi connectivity index (χ0) is 12.3. The van der Waals surface area contributed by atoms with Crippen LogP contribution in [-0.2, 0) is 0 Å². The lowest BCUT2D eigenvalue weighted by Crippen LogP contribution is -1.77. The van der Waals surface area contributed by atoms with Gasteiger partial charge in [0, 0.05) is 10.0 Å². The molecular weight excluding hydrogens is 278 g/mol. The van der Waals surface area contributed by atoms with Gasteiger partial charge in [-0.15, -0.1) is 0 Å². The summed E-state index contributed by atoms with van der Waals surface area (Å²) in [6.07, 6.45) is 5.49. The first-order valence-corrected chi connectivity index (χ1v) is 6.06. The predicted molar refractivity (Wildman–Crippen MR) is 74.4 cm³/mol. The quantitative estimate of drug-likeness (QED) is 0.813. The highest BCUT2D eigenvalue weighted by Gasteiger charge is 2.09. The van der Waals surface area contributed by atoms with E-state index in [1.54, 1.807) is 6.08 Å². The average molecular weight is 290 g/mol. The lowest BCUT2D eigenvalue weighted by molar-refractivity contribution is 0.564. The number of oxazole rings is 1. The summed E-state index contributed by atoms with van der Waals surface area (Å²) >= 11 is 3.40. The SMILES string of the molecule is C=Cc1nc(-c2ccc(Br)cc2)oc1/C=C\C. The van der Waals surface area contributed by atoms with Crippen molar-refractivity contribution in [3.63, 3.8) is 0 Å². The van der Waals surface area contributed by atoms with Gasteiger partial charge in [0.2, 0.25) is 5.89 Å². The van der Waals surface area contributed by atoms with Crippen LogP contribution in [0.2, 0.25) is 0 Å². The number of benzene rings is 1. The summed E-state index contributed by atoms with van der Waals surface area (Å²) in [5.74, 6) is 1.35. The number of halogens is 1. The van der Waals surface area contributed by atoms with Crippen molar-refractivity contribution in [2.45, 2.75) is 6.92 Å². The van der Waals surface area contributed by atoms with Crippen LogP contribution in [0.25, 0.3) is 23.6 Å². The van der Waals surface area contributed by atoms with Crippen molar-refractivity contribution in [1.29, 1.82) is 0 Å². The monoisotopic (exact) mass is 289 g/mol. The molecule has 0 aliphatic heterocycles. The smallest absolute Gasteiger partial charge is 0.227 e. The molecule has 0 atom stereocenters. The maximum Gasteiger partial charge on any atom is 0.227 e. The highest BCUT2D eigenvalue weighted by molar-refractivity contribution is 9.10. The molecule has 86 valence electrons. The summed E-state index contributed by atoms with van der Waals surface area (Å²) in [6, 6.07) is 7.84. The Balaban J connectivity index is 2.46. The van der Waals surface area contributed by atoms with Crippen LogP contribution in [0.5, 0.6) is 0 Å². The van der Waals surface area contributed by atoms with Gasteiger partial charge in [0.15, 0.2) is 5.76 Å². The van der Waals surface area contributed by atoms with Crippen LogP contribution in [0.4, 0.5) is 0 Å². The van der Waals surface area contributed by atoms with E-state index in [2.05, 4.69) is 27.5 Å². The highest BCUT2D eigenvalue weighted by atomic mass is 79.9. The van der Waals surface area contributed by atoms with Gasteiger partial charge in [-0.2, -0.15) is 0 Å². The van der Waals surface area contributed by atoms with Gasteiger partial charge in [0.05, 0.1) is 0 Å². The van der Waals surface area contributed by atoms with Crippen molar-refractivity contribution in [2.75, 3.05) is 0 Å². The van der Waals surface area contributed by atoms with Gasteiger partial charge in [-0.05, 0) is 43.3 Å². The second-order valence-electron chi connectivity index (χ2n) is 3.48. The highest BCUT2D eigenvalue weighted by Crippen LogP contribution is 2.25. The first-order chi connectivity index (χ1) is 8.24. The van der Waals surface area contributed by atoms with Crippen molar-refractivity contribution in [1.82, 2.24) is 4.98 Å². The summed E-state index contributed by atoms with van der Waals surface area (Å²) < 4.78 is 6.72. The molecule has 0 fully saturated rings. The molecule has 0 radical (unpaired) electrons. The summed E-state index contributed by atoms with van der Waals surface area (Å²) in [6.45, 7) is 5.67. The third-order valence-corrected chi connectivity index (χ3v) is 2.81. The molecule has 0 aliphatic rings. The van der Waals surface area contributed by atoms with Gasteiger partial charge in [-0.25, -0.2) is 4.98 Å². The second kappa shape index (κ2) is 5.15. The lowest BCUT2D eigenvalue weighted by atomic mass is 10.2. The van der Waals surface area contributed by atoms with E-state index in [1.807, 2.05) is 43.3 Å². The first kappa shape index (κ1) is 11.9. The van der Waals surface area contributed by atoms with Gasteiger partial charge in [-0.1, -0.05) is 28.6 Å². The number of rotatable bonds is 3. The molecule has 2 nitrogen and oxygen atoms in total. The fraction of sp³-hybridized carbons (Fsp3) is 0.0714. The van der Waals surface area contributed by atoms with Gasteiger partial charge in [0.25, 0.3) is 0 Å². The molecule has 0 unspecified atom stereocenters. The maximum absolute atomic E-state index is 5.69. The Morgan fingerprint density at radius 1 is 1.29 bits per heavy atom. The fourth-order valence-electron chi connectivity index (χ4n) is 1.48. The first-order valence-electron chi connectivity index (χ1n) is 5.26. The lowest BCUT2D eigenvalue weighted by Gasteiger charge is -1.94. The van der Waals surface area contributed by atoms with Crippen LogP contribution < -0.4 is 0 Å². The summed E-state index contributed by atoms with van der Waals surface area (Å²) in [4.78, 5) is 4.40. The number of hydrogen-bond donors (Lipinski definition) is 0. The standard InChI is InChI=1S/C14H12BrNO/c1-3-5-13-12(4-2)16-14(17-13)10-6-8-11(15)9-7-10/h3-9H,2H2,1H3/b5-3-. The second-order valence-corrected chi connectivity index (χ2v) is 4.40. The number of allylic oxidation sites excluding steroid dienone is 1. The van der Waals surface area contributed by atoms with Gasteiger partial charge in [0.1, 0.15) is 5.69 Å². The van der Waals surface area contributed by atoms with Crippen molar-refractivity contribution < 1.29 is 4.42 Å². The van der Waals surface area contributed by atoms with E-state index in [0.29, 0.717) is 5.89 Å². The van der Waals surface area contributed by atoms with E-state index in [9.17, 15) is 0 Å². The minimum atomic E-state index is 0.612. The third kappa shape index (κ3) is 2.56. The van der Waals surface area contributed by atoms with Crippen molar-refractivity contribution in [2.24, 2.45) is 0 Å². The molecule has 1 heterocycles. The topological polar surface area (TPSA) is 26.0 Å². The zero-order valence-electron chi connectivity index (χ0n) is 9.48. The summed E-state index contributed by atoms with van der Waals surface area (Å²) in [7, 11) is 0. The Morgan fingerprint density at radius 2 is 2.00 bits per heavy atom. The number of hydrogen-bond acceptors (Lipinski definition) is 2. The number of nitrogens with zero attached hydrogens (tertiary/aromatic N) is 1. The maximum atomic E-state index is 5.69. The predicted octanol–water partition coefficient (Wildman–Crippen LogP) is 4.78. The minimum Gasteiger partial charge on any atom is -0.436 e. The van der Waals surface area contributed by atoms with Gasteiger partial charge < -0.3 is 4.42 Å². The van der Waals surface area contributed by atoms with E-state index < -0.39 is 0 Å². The molecule has 2 aromatic rings. The normalized spacial score (nSPS) is 10.9. The molecule has 0 N–H and O–H groups in total. The zero-order valence-corrected chi connectivity index (χ0v) is 11.1. The van der Waals surface area contributed by atoms with Gasteiger partial charge >= 0.3 is 0 Å². The van der Waals surface area contributed by atoms with E-state index in [-0.39, 0.29) is 0 Å².